The van der Waals surface area contributed by atoms with E-state index in [0.29, 0.717) is 11.5 Å². The molecule has 2 heteroatoms. The maximum absolute atomic E-state index is 5.76. The van der Waals surface area contributed by atoms with E-state index >= 15 is 0 Å². The van der Waals surface area contributed by atoms with E-state index < -0.39 is 0 Å². The summed E-state index contributed by atoms with van der Waals surface area (Å²) in [4.78, 5) is 2.82. The predicted molar refractivity (Wildman–Crippen MR) is 83.9 cm³/mol. The van der Waals surface area contributed by atoms with Crippen LogP contribution in [0.5, 0.6) is 0 Å². The van der Waals surface area contributed by atoms with Crippen LogP contribution in [0.3, 0.4) is 0 Å². The molecule has 0 bridgehead atoms. The number of hydrogen-bond donors (Lipinski definition) is 0. The third kappa shape index (κ3) is 3.06. The molecule has 2 saturated carbocycles. The fourth-order valence-electron chi connectivity index (χ4n) is 4.95. The Kier molecular flexibility index (Phi) is 4.72. The zero-order chi connectivity index (χ0) is 14.0. The summed E-state index contributed by atoms with van der Waals surface area (Å²) in [5.74, 6) is 1.03. The zero-order valence-corrected chi connectivity index (χ0v) is 13.6. The molecule has 20 heavy (non-hydrogen) atoms. The van der Waals surface area contributed by atoms with Crippen molar-refractivity contribution in [3.63, 3.8) is 0 Å². The molecule has 0 radical (unpaired) electrons. The Morgan fingerprint density at radius 1 is 1.00 bits per heavy atom. The Balaban J connectivity index is 1.41. The molecule has 3 aliphatic rings. The van der Waals surface area contributed by atoms with Gasteiger partial charge >= 0.3 is 0 Å². The monoisotopic (exact) mass is 279 g/mol. The van der Waals surface area contributed by atoms with Crippen LogP contribution in [0, 0.1) is 11.3 Å². The van der Waals surface area contributed by atoms with Crippen LogP contribution in [-0.4, -0.2) is 36.7 Å². The molecule has 116 valence electrons. The molecule has 1 aliphatic heterocycles. The van der Waals surface area contributed by atoms with E-state index in [1.54, 1.807) is 0 Å². The van der Waals surface area contributed by atoms with Crippen LogP contribution >= 0.6 is 0 Å². The minimum Gasteiger partial charge on any atom is -0.378 e. The molecule has 0 aromatic heterocycles. The average molecular weight is 279 g/mol. The third-order valence-electron chi connectivity index (χ3n) is 6.49. The van der Waals surface area contributed by atoms with Crippen molar-refractivity contribution in [2.24, 2.45) is 11.3 Å². The molecule has 0 amide bonds. The first-order valence-electron chi connectivity index (χ1n) is 9.10. The van der Waals surface area contributed by atoms with Crippen LogP contribution in [0.15, 0.2) is 0 Å². The maximum Gasteiger partial charge on any atom is 0.0585 e. The highest BCUT2D eigenvalue weighted by Crippen LogP contribution is 2.50. The van der Waals surface area contributed by atoms with Crippen molar-refractivity contribution >= 4 is 0 Å². The van der Waals surface area contributed by atoms with E-state index in [0.717, 1.165) is 18.6 Å². The van der Waals surface area contributed by atoms with Gasteiger partial charge in [-0.1, -0.05) is 13.3 Å². The standard InChI is InChI=1S/C18H33NO/c1-3-15-5-7-16(8-6-15)19-11-9-18(10-12-19)13-17(14-18)20-4-2/h15-17H,3-14H2,1-2H3. The fourth-order valence-corrected chi connectivity index (χ4v) is 4.95. The number of rotatable bonds is 4. The van der Waals surface area contributed by atoms with Crippen molar-refractivity contribution in [1.29, 1.82) is 0 Å². The summed E-state index contributed by atoms with van der Waals surface area (Å²) in [6.45, 7) is 8.11. The van der Waals surface area contributed by atoms with Gasteiger partial charge in [0.1, 0.15) is 0 Å². The van der Waals surface area contributed by atoms with Crippen molar-refractivity contribution in [2.75, 3.05) is 19.7 Å². The summed E-state index contributed by atoms with van der Waals surface area (Å²) in [5.41, 5.74) is 0.678. The number of nitrogens with zero attached hydrogens (tertiary/aromatic N) is 1. The largest absolute Gasteiger partial charge is 0.378 e. The number of piperidine rings is 1. The molecule has 0 unspecified atom stereocenters. The Labute approximate surface area is 125 Å². The van der Waals surface area contributed by atoms with E-state index in [-0.39, 0.29) is 0 Å². The van der Waals surface area contributed by atoms with Gasteiger partial charge in [-0.2, -0.15) is 0 Å². The molecule has 0 aromatic rings. The molecular formula is C18H33NO. The zero-order valence-electron chi connectivity index (χ0n) is 13.6. The SMILES string of the molecule is CCOC1CC2(CCN(C3CCC(CC)CC3)CC2)C1. The van der Waals surface area contributed by atoms with Gasteiger partial charge < -0.3 is 9.64 Å². The van der Waals surface area contributed by atoms with Crippen molar-refractivity contribution in [3.8, 4) is 0 Å². The van der Waals surface area contributed by atoms with E-state index in [9.17, 15) is 0 Å². The molecule has 1 heterocycles. The molecule has 0 N–H and O–H groups in total. The van der Waals surface area contributed by atoms with Gasteiger partial charge in [0.05, 0.1) is 6.10 Å². The summed E-state index contributed by atoms with van der Waals surface area (Å²) in [5, 5.41) is 0. The summed E-state index contributed by atoms with van der Waals surface area (Å²) in [6, 6.07) is 0.915. The second-order valence-electron chi connectivity index (χ2n) is 7.60. The number of likely N-dealkylation sites (tertiary alicyclic amines) is 1. The van der Waals surface area contributed by atoms with Gasteiger partial charge in [-0.05, 0) is 82.7 Å². The van der Waals surface area contributed by atoms with Crippen LogP contribution in [0.2, 0.25) is 0 Å². The lowest BCUT2D eigenvalue weighted by molar-refractivity contribution is -0.106. The van der Waals surface area contributed by atoms with E-state index in [4.69, 9.17) is 4.74 Å². The van der Waals surface area contributed by atoms with Crippen molar-refractivity contribution in [1.82, 2.24) is 4.90 Å². The molecule has 3 rings (SSSR count). The summed E-state index contributed by atoms with van der Waals surface area (Å²) >= 11 is 0. The topological polar surface area (TPSA) is 12.5 Å². The Morgan fingerprint density at radius 2 is 1.65 bits per heavy atom. The van der Waals surface area contributed by atoms with E-state index in [1.807, 2.05) is 0 Å². The van der Waals surface area contributed by atoms with E-state index in [1.165, 1.54) is 70.9 Å². The quantitative estimate of drug-likeness (QED) is 0.763. The van der Waals surface area contributed by atoms with Gasteiger partial charge in [0.25, 0.3) is 0 Å². The molecule has 2 nitrogen and oxygen atoms in total. The van der Waals surface area contributed by atoms with Gasteiger partial charge in [-0.15, -0.1) is 0 Å². The van der Waals surface area contributed by atoms with Crippen LogP contribution in [0.1, 0.15) is 71.6 Å². The summed E-state index contributed by atoms with van der Waals surface area (Å²) < 4.78 is 5.76. The third-order valence-corrected chi connectivity index (χ3v) is 6.49. The van der Waals surface area contributed by atoms with Gasteiger partial charge in [-0.25, -0.2) is 0 Å². The van der Waals surface area contributed by atoms with Crippen LogP contribution in [0.25, 0.3) is 0 Å². The lowest BCUT2D eigenvalue weighted by Gasteiger charge is -2.53. The lowest BCUT2D eigenvalue weighted by Crippen LogP contribution is -2.52. The van der Waals surface area contributed by atoms with Gasteiger partial charge in [0.2, 0.25) is 0 Å². The Morgan fingerprint density at radius 3 is 2.20 bits per heavy atom. The van der Waals surface area contributed by atoms with Crippen LogP contribution < -0.4 is 0 Å². The number of ether oxygens (including phenoxy) is 1. The van der Waals surface area contributed by atoms with E-state index in [2.05, 4.69) is 18.7 Å². The van der Waals surface area contributed by atoms with Crippen molar-refractivity contribution in [3.05, 3.63) is 0 Å². The molecule has 0 atom stereocenters. The fraction of sp³-hybridized carbons (Fsp3) is 1.00. The van der Waals surface area contributed by atoms with Gasteiger partial charge in [-0.3, -0.25) is 0 Å². The maximum atomic E-state index is 5.76. The van der Waals surface area contributed by atoms with Crippen molar-refractivity contribution < 1.29 is 4.74 Å². The summed E-state index contributed by atoms with van der Waals surface area (Å²) in [7, 11) is 0. The van der Waals surface area contributed by atoms with Crippen LogP contribution in [-0.2, 0) is 4.74 Å². The van der Waals surface area contributed by atoms with Gasteiger partial charge in [0.15, 0.2) is 0 Å². The second-order valence-corrected chi connectivity index (χ2v) is 7.60. The number of hydrogen-bond acceptors (Lipinski definition) is 2. The molecular weight excluding hydrogens is 246 g/mol. The molecule has 3 fully saturated rings. The Hall–Kier alpha value is -0.0800. The minimum absolute atomic E-state index is 0.589. The Bertz CT molecular complexity index is 293. The summed E-state index contributed by atoms with van der Waals surface area (Å²) in [6.07, 6.45) is 13.4. The molecule has 1 saturated heterocycles. The molecule has 1 spiro atoms. The molecule has 0 aromatic carbocycles. The first-order valence-corrected chi connectivity index (χ1v) is 9.10. The smallest absolute Gasteiger partial charge is 0.0585 e. The normalized spacial score (nSPS) is 35.1. The highest BCUT2D eigenvalue weighted by atomic mass is 16.5. The molecule has 2 aliphatic carbocycles. The first kappa shape index (κ1) is 14.8. The lowest BCUT2D eigenvalue weighted by atomic mass is 9.61. The highest BCUT2D eigenvalue weighted by Gasteiger charge is 2.46. The second kappa shape index (κ2) is 6.36. The van der Waals surface area contributed by atoms with Crippen molar-refractivity contribution in [2.45, 2.75) is 83.8 Å². The first-order chi connectivity index (χ1) is 9.74. The highest BCUT2D eigenvalue weighted by molar-refractivity contribution is 4.99. The van der Waals surface area contributed by atoms with Gasteiger partial charge in [0, 0.05) is 12.6 Å². The minimum atomic E-state index is 0.589. The predicted octanol–water partition coefficient (Wildman–Crippen LogP) is 4.24. The van der Waals surface area contributed by atoms with Crippen LogP contribution in [0.4, 0.5) is 0 Å². The average Bonchev–Trinajstić information content (AvgIpc) is 2.47.